The maximum atomic E-state index is 13.1. The van der Waals surface area contributed by atoms with Gasteiger partial charge in [-0.15, -0.1) is 0 Å². The Morgan fingerprint density at radius 3 is 2.26 bits per heavy atom. The molecule has 0 saturated carbocycles. The van der Waals surface area contributed by atoms with Crippen LogP contribution < -0.4 is 10.2 Å². The zero-order valence-electron chi connectivity index (χ0n) is 17.9. The molecule has 1 aromatic heterocycles. The molecule has 3 aromatic rings. The van der Waals surface area contributed by atoms with Crippen LogP contribution in [0.25, 0.3) is 11.8 Å². The minimum atomic E-state index is -4.67. The number of barbiturate groups is 1. The van der Waals surface area contributed by atoms with Gasteiger partial charge in [-0.2, -0.15) is 13.2 Å². The van der Waals surface area contributed by atoms with Gasteiger partial charge >= 0.3 is 12.2 Å². The monoisotopic (exact) mass is 487 g/mol. The molecule has 2 heterocycles. The van der Waals surface area contributed by atoms with Crippen LogP contribution in [0.15, 0.2) is 60.2 Å². The lowest BCUT2D eigenvalue weighted by atomic mass is 10.1. The van der Waals surface area contributed by atoms with E-state index in [1.807, 2.05) is 28.9 Å². The molecule has 1 fully saturated rings. The minimum absolute atomic E-state index is 0.303. The molecule has 1 saturated heterocycles. The number of imide groups is 2. The van der Waals surface area contributed by atoms with Crippen LogP contribution in [0.3, 0.4) is 0 Å². The van der Waals surface area contributed by atoms with E-state index in [0.29, 0.717) is 27.2 Å². The molecule has 6 nitrogen and oxygen atoms in total. The number of benzene rings is 2. The molecule has 2 aromatic carbocycles. The zero-order valence-corrected chi connectivity index (χ0v) is 18.7. The molecule has 174 valence electrons. The van der Waals surface area contributed by atoms with Crippen molar-refractivity contribution in [2.75, 3.05) is 4.90 Å². The highest BCUT2D eigenvalue weighted by Gasteiger charge is 2.38. The number of anilines is 1. The lowest BCUT2D eigenvalue weighted by molar-refractivity contribution is -0.137. The van der Waals surface area contributed by atoms with Gasteiger partial charge in [0.2, 0.25) is 0 Å². The number of urea groups is 1. The van der Waals surface area contributed by atoms with Crippen LogP contribution in [0.4, 0.5) is 23.7 Å². The van der Waals surface area contributed by atoms with Crippen molar-refractivity contribution in [2.24, 2.45) is 0 Å². The van der Waals surface area contributed by atoms with E-state index in [4.69, 9.17) is 11.6 Å². The summed E-state index contributed by atoms with van der Waals surface area (Å²) in [5.74, 6) is -1.96. The predicted molar refractivity (Wildman–Crippen MR) is 121 cm³/mol. The van der Waals surface area contributed by atoms with Gasteiger partial charge in [-0.05, 0) is 74.0 Å². The number of nitrogens with zero attached hydrogens (tertiary/aromatic N) is 2. The summed E-state index contributed by atoms with van der Waals surface area (Å²) in [4.78, 5) is 38.5. The summed E-state index contributed by atoms with van der Waals surface area (Å²) in [6.45, 7) is 3.62. The van der Waals surface area contributed by atoms with Crippen molar-refractivity contribution in [3.63, 3.8) is 0 Å². The predicted octanol–water partition coefficient (Wildman–Crippen LogP) is 5.43. The molecule has 0 radical (unpaired) electrons. The van der Waals surface area contributed by atoms with Crippen LogP contribution >= 0.6 is 11.6 Å². The Labute approximate surface area is 197 Å². The molecule has 4 rings (SSSR count). The SMILES string of the molecule is Cc1cc(/C=C2/C(=O)NC(=O)N(c3cccc(C(F)(F)F)c3)C2=O)c(C)n1-c1ccc(Cl)cc1. The lowest BCUT2D eigenvalue weighted by Crippen LogP contribution is -2.54. The molecule has 1 N–H and O–H groups in total. The number of rotatable bonds is 3. The van der Waals surface area contributed by atoms with Crippen LogP contribution in [0, 0.1) is 13.8 Å². The van der Waals surface area contributed by atoms with E-state index in [-0.39, 0.29) is 11.3 Å². The molecule has 0 unspecified atom stereocenters. The summed E-state index contributed by atoms with van der Waals surface area (Å²) in [6, 6.07) is 11.5. The van der Waals surface area contributed by atoms with E-state index in [9.17, 15) is 27.6 Å². The van der Waals surface area contributed by atoms with E-state index in [1.54, 1.807) is 25.1 Å². The van der Waals surface area contributed by atoms with Crippen molar-refractivity contribution in [1.82, 2.24) is 9.88 Å². The Balaban J connectivity index is 1.75. The highest BCUT2D eigenvalue weighted by Crippen LogP contribution is 2.33. The largest absolute Gasteiger partial charge is 0.416 e. The molecular formula is C24H17ClF3N3O3. The minimum Gasteiger partial charge on any atom is -0.318 e. The van der Waals surface area contributed by atoms with Gasteiger partial charge in [-0.3, -0.25) is 14.9 Å². The number of carbonyl (C=O) groups is 3. The number of amides is 4. The normalized spacial score (nSPS) is 15.8. The van der Waals surface area contributed by atoms with Gasteiger partial charge in [-0.1, -0.05) is 17.7 Å². The number of aromatic nitrogens is 1. The smallest absolute Gasteiger partial charge is 0.318 e. The van der Waals surface area contributed by atoms with Gasteiger partial charge in [0, 0.05) is 22.1 Å². The third-order valence-corrected chi connectivity index (χ3v) is 5.64. The van der Waals surface area contributed by atoms with Gasteiger partial charge in [0.15, 0.2) is 0 Å². The quantitative estimate of drug-likeness (QED) is 0.395. The second-order valence-electron chi connectivity index (χ2n) is 7.64. The summed E-state index contributed by atoms with van der Waals surface area (Å²) in [7, 11) is 0. The fraction of sp³-hybridized carbons (Fsp3) is 0.125. The summed E-state index contributed by atoms with van der Waals surface area (Å²) in [5, 5.41) is 2.59. The van der Waals surface area contributed by atoms with Crippen LogP contribution in [-0.4, -0.2) is 22.4 Å². The van der Waals surface area contributed by atoms with Crippen LogP contribution in [0.1, 0.15) is 22.5 Å². The van der Waals surface area contributed by atoms with Gasteiger partial charge in [0.1, 0.15) is 5.57 Å². The Morgan fingerprint density at radius 2 is 1.62 bits per heavy atom. The summed E-state index contributed by atoms with van der Waals surface area (Å²) in [6.07, 6.45) is -3.35. The van der Waals surface area contributed by atoms with Crippen molar-refractivity contribution in [2.45, 2.75) is 20.0 Å². The first kappa shape index (κ1) is 23.3. The molecule has 4 amide bonds. The van der Waals surface area contributed by atoms with Crippen molar-refractivity contribution >= 4 is 41.2 Å². The van der Waals surface area contributed by atoms with E-state index < -0.39 is 29.6 Å². The molecule has 1 aliphatic rings. The Morgan fingerprint density at radius 1 is 0.941 bits per heavy atom. The van der Waals surface area contributed by atoms with Gasteiger partial charge < -0.3 is 4.57 Å². The second kappa shape index (κ2) is 8.49. The highest BCUT2D eigenvalue weighted by atomic mass is 35.5. The number of carbonyl (C=O) groups excluding carboxylic acids is 3. The molecule has 0 spiro atoms. The fourth-order valence-electron chi connectivity index (χ4n) is 3.79. The van der Waals surface area contributed by atoms with Crippen LogP contribution in [0.5, 0.6) is 0 Å². The molecule has 0 bridgehead atoms. The van der Waals surface area contributed by atoms with Gasteiger partial charge in [-0.25, -0.2) is 9.69 Å². The van der Waals surface area contributed by atoms with E-state index in [2.05, 4.69) is 0 Å². The number of nitrogens with one attached hydrogen (secondary N) is 1. The van der Waals surface area contributed by atoms with E-state index in [0.717, 1.165) is 23.5 Å². The molecule has 34 heavy (non-hydrogen) atoms. The summed E-state index contributed by atoms with van der Waals surface area (Å²) in [5.41, 5.74) is 1.14. The standard InChI is InChI=1S/C24H17ClF3N3O3/c1-13-10-15(14(2)30(13)18-8-6-17(25)7-9-18)11-20-21(32)29-23(34)31(22(20)33)19-5-3-4-16(12-19)24(26,27)28/h3-12H,1-2H3,(H,29,32,34)/b20-11-. The molecule has 10 heteroatoms. The molecule has 0 aliphatic carbocycles. The number of aryl methyl sites for hydroxylation is 1. The van der Waals surface area contributed by atoms with Crippen LogP contribution in [-0.2, 0) is 15.8 Å². The maximum absolute atomic E-state index is 13.1. The Hall–Kier alpha value is -3.85. The third-order valence-electron chi connectivity index (χ3n) is 5.39. The average Bonchev–Trinajstić information content (AvgIpc) is 3.04. The molecule has 0 atom stereocenters. The second-order valence-corrected chi connectivity index (χ2v) is 8.08. The van der Waals surface area contributed by atoms with Crippen molar-refractivity contribution in [3.8, 4) is 5.69 Å². The third kappa shape index (κ3) is 4.22. The maximum Gasteiger partial charge on any atom is 0.416 e. The summed E-state index contributed by atoms with van der Waals surface area (Å²) >= 11 is 5.96. The number of alkyl halides is 3. The Kier molecular flexibility index (Phi) is 5.82. The van der Waals surface area contributed by atoms with Gasteiger partial charge in [0.05, 0.1) is 11.3 Å². The van der Waals surface area contributed by atoms with Gasteiger partial charge in [0.25, 0.3) is 11.8 Å². The van der Waals surface area contributed by atoms with E-state index in [1.165, 1.54) is 12.1 Å². The Bertz CT molecular complexity index is 1360. The van der Waals surface area contributed by atoms with Crippen molar-refractivity contribution in [3.05, 3.63) is 87.7 Å². The van der Waals surface area contributed by atoms with Crippen LogP contribution in [0.2, 0.25) is 5.02 Å². The van der Waals surface area contributed by atoms with E-state index >= 15 is 0 Å². The molecular weight excluding hydrogens is 471 g/mol. The number of hydrogen-bond donors (Lipinski definition) is 1. The first-order chi connectivity index (χ1) is 16.0. The first-order valence-electron chi connectivity index (χ1n) is 10.0. The van der Waals surface area contributed by atoms with Crippen molar-refractivity contribution in [1.29, 1.82) is 0 Å². The number of halogens is 4. The number of hydrogen-bond acceptors (Lipinski definition) is 3. The molecule has 1 aliphatic heterocycles. The average molecular weight is 488 g/mol. The fourth-order valence-corrected chi connectivity index (χ4v) is 3.92. The lowest BCUT2D eigenvalue weighted by Gasteiger charge is -2.26. The highest BCUT2D eigenvalue weighted by molar-refractivity contribution is 6.39. The first-order valence-corrected chi connectivity index (χ1v) is 10.4. The van der Waals surface area contributed by atoms with Crippen molar-refractivity contribution < 1.29 is 27.6 Å². The topological polar surface area (TPSA) is 71.4 Å². The zero-order chi connectivity index (χ0) is 24.8. The summed E-state index contributed by atoms with van der Waals surface area (Å²) < 4.78 is 41.3.